The summed E-state index contributed by atoms with van der Waals surface area (Å²) in [6.45, 7) is 1.24. The van der Waals surface area contributed by atoms with Crippen molar-refractivity contribution in [2.24, 2.45) is 0 Å². The van der Waals surface area contributed by atoms with E-state index >= 15 is 0 Å². The topological polar surface area (TPSA) is 109 Å². The van der Waals surface area contributed by atoms with Gasteiger partial charge in [-0.25, -0.2) is 8.42 Å². The predicted octanol–water partition coefficient (Wildman–Crippen LogP) is 0.0202. The van der Waals surface area contributed by atoms with Gasteiger partial charge in [0.1, 0.15) is 6.04 Å². The first-order valence-electron chi connectivity index (χ1n) is 4.43. The van der Waals surface area contributed by atoms with Crippen LogP contribution in [0.1, 0.15) is 6.92 Å². The number of rotatable bonds is 4. The van der Waals surface area contributed by atoms with Crippen LogP contribution < -0.4 is 10.5 Å². The maximum absolute atomic E-state index is 11.7. The Bertz CT molecular complexity index is 498. The second-order valence-corrected chi connectivity index (χ2v) is 4.97. The van der Waals surface area contributed by atoms with E-state index in [9.17, 15) is 13.2 Å². The highest BCUT2D eigenvalue weighted by Gasteiger charge is 2.21. The van der Waals surface area contributed by atoms with Crippen LogP contribution in [0.5, 0.6) is 0 Å². The van der Waals surface area contributed by atoms with Crippen molar-refractivity contribution in [3.63, 3.8) is 0 Å². The normalized spacial score (nSPS) is 13.3. The average molecular weight is 244 g/mol. The quantitative estimate of drug-likeness (QED) is 0.647. The smallest absolute Gasteiger partial charge is 0.321 e. The van der Waals surface area contributed by atoms with Crippen LogP contribution in [0, 0.1) is 0 Å². The number of hydrogen-bond acceptors (Lipinski definition) is 4. The van der Waals surface area contributed by atoms with Gasteiger partial charge in [-0.15, -0.1) is 0 Å². The standard InChI is InChI=1S/C9H12N2O4S/c1-6(9(12)13)11-16(14,15)8-4-2-3-7(10)5-8/h2-6,11H,10H2,1H3,(H,12,13)/t6-/m0/s1. The zero-order chi connectivity index (χ0) is 12.3. The summed E-state index contributed by atoms with van der Waals surface area (Å²) < 4.78 is 25.4. The molecule has 0 aliphatic rings. The van der Waals surface area contributed by atoms with Crippen molar-refractivity contribution in [1.82, 2.24) is 4.72 Å². The van der Waals surface area contributed by atoms with Gasteiger partial charge in [-0.1, -0.05) is 6.07 Å². The summed E-state index contributed by atoms with van der Waals surface area (Å²) >= 11 is 0. The van der Waals surface area contributed by atoms with Gasteiger partial charge in [-0.3, -0.25) is 4.79 Å². The molecule has 6 nitrogen and oxygen atoms in total. The molecule has 1 aromatic carbocycles. The van der Waals surface area contributed by atoms with Gasteiger partial charge in [-0.05, 0) is 25.1 Å². The van der Waals surface area contributed by atoms with Crippen molar-refractivity contribution in [2.45, 2.75) is 17.9 Å². The van der Waals surface area contributed by atoms with E-state index in [1.165, 1.54) is 25.1 Å². The van der Waals surface area contributed by atoms with Crippen LogP contribution in [0.3, 0.4) is 0 Å². The average Bonchev–Trinajstić information content (AvgIpc) is 2.17. The highest BCUT2D eigenvalue weighted by atomic mass is 32.2. The molecule has 0 bridgehead atoms. The van der Waals surface area contributed by atoms with Gasteiger partial charge in [0.05, 0.1) is 4.90 Å². The Morgan fingerprint density at radius 1 is 1.50 bits per heavy atom. The van der Waals surface area contributed by atoms with Crippen LogP contribution >= 0.6 is 0 Å². The van der Waals surface area contributed by atoms with Crippen LogP contribution in [0.25, 0.3) is 0 Å². The Hall–Kier alpha value is -1.60. The maximum Gasteiger partial charge on any atom is 0.321 e. The van der Waals surface area contributed by atoms with Gasteiger partial charge < -0.3 is 10.8 Å². The Kier molecular flexibility index (Phi) is 3.51. The Balaban J connectivity index is 2.99. The lowest BCUT2D eigenvalue weighted by Crippen LogP contribution is -2.38. The van der Waals surface area contributed by atoms with Crippen LogP contribution in [0.4, 0.5) is 5.69 Å². The van der Waals surface area contributed by atoms with Gasteiger partial charge in [0.25, 0.3) is 0 Å². The summed E-state index contributed by atoms with van der Waals surface area (Å²) in [7, 11) is -3.84. The van der Waals surface area contributed by atoms with Gasteiger partial charge >= 0.3 is 5.97 Å². The largest absolute Gasteiger partial charge is 0.480 e. The summed E-state index contributed by atoms with van der Waals surface area (Å²) in [5.41, 5.74) is 5.73. The van der Waals surface area contributed by atoms with E-state index in [1.807, 2.05) is 4.72 Å². The van der Waals surface area contributed by atoms with Crippen molar-refractivity contribution in [3.05, 3.63) is 24.3 Å². The van der Waals surface area contributed by atoms with Crippen molar-refractivity contribution >= 4 is 21.7 Å². The molecule has 0 amide bonds. The SMILES string of the molecule is C[C@H](NS(=O)(=O)c1cccc(N)c1)C(=O)O. The zero-order valence-corrected chi connectivity index (χ0v) is 9.36. The molecular weight excluding hydrogens is 232 g/mol. The molecule has 0 aliphatic heterocycles. The lowest BCUT2D eigenvalue weighted by atomic mass is 10.3. The van der Waals surface area contributed by atoms with E-state index < -0.39 is 22.0 Å². The second kappa shape index (κ2) is 4.50. The number of sulfonamides is 1. The molecule has 88 valence electrons. The van der Waals surface area contributed by atoms with Gasteiger partial charge in [-0.2, -0.15) is 4.72 Å². The summed E-state index contributed by atoms with van der Waals surface area (Å²) in [6, 6.07) is 4.44. The minimum absolute atomic E-state index is 0.0550. The third-order valence-corrected chi connectivity index (χ3v) is 3.41. The molecule has 0 aromatic heterocycles. The molecule has 0 saturated carbocycles. The number of carboxylic acids is 1. The fourth-order valence-electron chi connectivity index (χ4n) is 1.03. The number of hydrogen-bond donors (Lipinski definition) is 3. The van der Waals surface area contributed by atoms with Crippen LogP contribution in [0.15, 0.2) is 29.2 Å². The molecule has 0 saturated heterocycles. The zero-order valence-electron chi connectivity index (χ0n) is 8.54. The molecule has 1 rings (SSSR count). The Morgan fingerprint density at radius 3 is 2.62 bits per heavy atom. The highest BCUT2D eigenvalue weighted by molar-refractivity contribution is 7.89. The summed E-state index contributed by atoms with van der Waals surface area (Å²) in [6.07, 6.45) is 0. The molecule has 1 aromatic rings. The predicted molar refractivity (Wildman–Crippen MR) is 58.3 cm³/mol. The molecule has 0 heterocycles. The fraction of sp³-hybridized carbons (Fsp3) is 0.222. The number of carbonyl (C=O) groups is 1. The molecule has 0 radical (unpaired) electrons. The van der Waals surface area contributed by atoms with E-state index in [0.717, 1.165) is 0 Å². The van der Waals surface area contributed by atoms with Crippen LogP contribution in [0.2, 0.25) is 0 Å². The van der Waals surface area contributed by atoms with E-state index in [0.29, 0.717) is 5.69 Å². The van der Waals surface area contributed by atoms with E-state index in [-0.39, 0.29) is 4.90 Å². The first-order chi connectivity index (χ1) is 7.33. The van der Waals surface area contributed by atoms with Crippen molar-refractivity contribution < 1.29 is 18.3 Å². The van der Waals surface area contributed by atoms with Crippen LogP contribution in [-0.2, 0) is 14.8 Å². The number of nitrogens with one attached hydrogen (secondary N) is 1. The second-order valence-electron chi connectivity index (χ2n) is 3.25. The maximum atomic E-state index is 11.7. The molecule has 16 heavy (non-hydrogen) atoms. The lowest BCUT2D eigenvalue weighted by molar-refractivity contribution is -0.138. The van der Waals surface area contributed by atoms with E-state index in [2.05, 4.69) is 0 Å². The van der Waals surface area contributed by atoms with Crippen LogP contribution in [-0.4, -0.2) is 25.5 Å². The fourth-order valence-corrected chi connectivity index (χ4v) is 2.28. The summed E-state index contributed by atoms with van der Waals surface area (Å²) in [4.78, 5) is 10.5. The monoisotopic (exact) mass is 244 g/mol. The lowest BCUT2D eigenvalue weighted by Gasteiger charge is -2.10. The molecule has 4 N–H and O–H groups in total. The number of aliphatic carboxylic acids is 1. The number of nitrogen functional groups attached to an aromatic ring is 1. The minimum Gasteiger partial charge on any atom is -0.480 e. The summed E-state index contributed by atoms with van der Waals surface area (Å²) in [5, 5.41) is 8.60. The Morgan fingerprint density at radius 2 is 2.12 bits per heavy atom. The minimum atomic E-state index is -3.84. The number of anilines is 1. The molecule has 1 atom stereocenters. The summed E-state index contributed by atoms with van der Waals surface area (Å²) in [5.74, 6) is -1.24. The Labute approximate surface area is 93.1 Å². The number of benzene rings is 1. The molecule has 0 unspecified atom stereocenters. The molecule has 0 fully saturated rings. The van der Waals surface area contributed by atoms with E-state index in [4.69, 9.17) is 10.8 Å². The van der Waals surface area contributed by atoms with Gasteiger partial charge in [0.2, 0.25) is 10.0 Å². The third-order valence-electron chi connectivity index (χ3n) is 1.87. The third kappa shape index (κ3) is 2.94. The van der Waals surface area contributed by atoms with Gasteiger partial charge in [0, 0.05) is 5.69 Å². The number of nitrogens with two attached hydrogens (primary N) is 1. The first kappa shape index (κ1) is 12.5. The molecular formula is C9H12N2O4S. The highest BCUT2D eigenvalue weighted by Crippen LogP contribution is 2.12. The number of carboxylic acid groups (broad SMARTS) is 1. The molecule has 7 heteroatoms. The first-order valence-corrected chi connectivity index (χ1v) is 5.92. The van der Waals surface area contributed by atoms with Crippen molar-refractivity contribution in [1.29, 1.82) is 0 Å². The molecule has 0 aliphatic carbocycles. The van der Waals surface area contributed by atoms with Crippen molar-refractivity contribution in [2.75, 3.05) is 5.73 Å². The van der Waals surface area contributed by atoms with Crippen molar-refractivity contribution in [3.8, 4) is 0 Å². The van der Waals surface area contributed by atoms with Gasteiger partial charge in [0.15, 0.2) is 0 Å². The molecule has 0 spiro atoms. The van der Waals surface area contributed by atoms with E-state index in [1.54, 1.807) is 6.07 Å².